The molecule has 17 heavy (non-hydrogen) atoms. The molecule has 0 aliphatic carbocycles. The van der Waals surface area contributed by atoms with Crippen LogP contribution in [-0.4, -0.2) is 26.7 Å². The Hall–Kier alpha value is -1.68. The molecular weight excluding hydrogens is 214 g/mol. The number of hydrogen-bond donors (Lipinski definition) is 2. The molecule has 1 aromatic heterocycles. The van der Waals surface area contributed by atoms with E-state index in [1.807, 2.05) is 38.1 Å². The number of rotatable bonds is 3. The molecule has 1 atom stereocenters. The van der Waals surface area contributed by atoms with Crippen LogP contribution < -0.4 is 5.32 Å². The topological polar surface area (TPSA) is 58.0 Å². The first kappa shape index (κ1) is 11.8. The molecule has 2 N–H and O–H groups in total. The molecule has 0 fully saturated rings. The lowest BCUT2D eigenvalue weighted by molar-refractivity contribution is 0.133. The lowest BCUT2D eigenvalue weighted by Gasteiger charge is -2.29. The summed E-state index contributed by atoms with van der Waals surface area (Å²) >= 11 is 0. The van der Waals surface area contributed by atoms with E-state index in [0.29, 0.717) is 5.82 Å². The Bertz CT molecular complexity index is 523. The van der Waals surface area contributed by atoms with Crippen molar-refractivity contribution in [2.24, 2.45) is 0 Å². The minimum Gasteiger partial charge on any atom is -0.391 e. The fraction of sp³-hybridized carbons (Fsp3) is 0.385. The van der Waals surface area contributed by atoms with Crippen LogP contribution in [0.15, 0.2) is 30.5 Å². The van der Waals surface area contributed by atoms with E-state index in [4.69, 9.17) is 0 Å². The number of fused-ring (bicyclic) bond motifs is 1. The quantitative estimate of drug-likeness (QED) is 0.850. The molecular formula is C13H17N3O. The average Bonchev–Trinajstić information content (AvgIpc) is 2.28. The number of benzene rings is 1. The van der Waals surface area contributed by atoms with E-state index < -0.39 is 11.6 Å². The molecule has 0 bridgehead atoms. The molecule has 90 valence electrons. The maximum absolute atomic E-state index is 9.64. The number of nitrogens with zero attached hydrogens (tertiary/aromatic N) is 2. The van der Waals surface area contributed by atoms with Crippen molar-refractivity contribution >= 4 is 16.9 Å². The molecule has 1 aromatic carbocycles. The molecule has 1 unspecified atom stereocenters. The molecule has 4 heteroatoms. The summed E-state index contributed by atoms with van der Waals surface area (Å²) in [5, 5.41) is 12.8. The Kier molecular flexibility index (Phi) is 2.98. The molecule has 4 nitrogen and oxygen atoms in total. The highest BCUT2D eigenvalue weighted by Gasteiger charge is 2.24. The standard InChI is InChI=1S/C13H17N3O/c1-9(17)13(2,3)16-12-8-14-10-6-4-5-7-11(10)15-12/h4-9,17H,1-3H3,(H,15,16). The normalized spacial score (nSPS) is 13.6. The minimum atomic E-state index is -0.476. The fourth-order valence-corrected chi connectivity index (χ4v) is 1.45. The monoisotopic (exact) mass is 231 g/mol. The highest BCUT2D eigenvalue weighted by molar-refractivity contribution is 5.75. The third-order valence-electron chi connectivity index (χ3n) is 2.94. The summed E-state index contributed by atoms with van der Waals surface area (Å²) in [5.74, 6) is 0.676. The van der Waals surface area contributed by atoms with Crippen molar-refractivity contribution in [1.82, 2.24) is 9.97 Å². The summed E-state index contributed by atoms with van der Waals surface area (Å²) in [6.07, 6.45) is 1.21. The molecule has 0 aliphatic rings. The summed E-state index contributed by atoms with van der Waals surface area (Å²) in [7, 11) is 0. The van der Waals surface area contributed by atoms with E-state index in [1.54, 1.807) is 13.1 Å². The maximum Gasteiger partial charge on any atom is 0.145 e. The smallest absolute Gasteiger partial charge is 0.145 e. The van der Waals surface area contributed by atoms with Crippen molar-refractivity contribution in [3.8, 4) is 0 Å². The van der Waals surface area contributed by atoms with E-state index in [-0.39, 0.29) is 0 Å². The van der Waals surface area contributed by atoms with Gasteiger partial charge in [-0.15, -0.1) is 0 Å². The lowest BCUT2D eigenvalue weighted by Crippen LogP contribution is -2.42. The van der Waals surface area contributed by atoms with Gasteiger partial charge in [-0.25, -0.2) is 4.98 Å². The van der Waals surface area contributed by atoms with Gasteiger partial charge in [0.1, 0.15) is 5.82 Å². The van der Waals surface area contributed by atoms with Crippen LogP contribution in [0.25, 0.3) is 11.0 Å². The third-order valence-corrected chi connectivity index (χ3v) is 2.94. The summed E-state index contributed by atoms with van der Waals surface area (Å²) in [6.45, 7) is 5.60. The average molecular weight is 231 g/mol. The second-order valence-electron chi connectivity index (χ2n) is 4.77. The highest BCUT2D eigenvalue weighted by Crippen LogP contribution is 2.18. The van der Waals surface area contributed by atoms with Crippen LogP contribution in [0, 0.1) is 0 Å². The van der Waals surface area contributed by atoms with Crippen LogP contribution in [0.2, 0.25) is 0 Å². The van der Waals surface area contributed by atoms with E-state index in [1.165, 1.54) is 0 Å². The maximum atomic E-state index is 9.64. The molecule has 0 saturated carbocycles. The van der Waals surface area contributed by atoms with Gasteiger partial charge >= 0.3 is 0 Å². The number of hydrogen-bond acceptors (Lipinski definition) is 4. The van der Waals surface area contributed by atoms with Crippen LogP contribution in [0.3, 0.4) is 0 Å². The van der Waals surface area contributed by atoms with Gasteiger partial charge in [0.2, 0.25) is 0 Å². The van der Waals surface area contributed by atoms with E-state index in [0.717, 1.165) is 11.0 Å². The van der Waals surface area contributed by atoms with Crippen molar-refractivity contribution in [2.45, 2.75) is 32.4 Å². The van der Waals surface area contributed by atoms with Crippen LogP contribution in [-0.2, 0) is 0 Å². The predicted molar refractivity (Wildman–Crippen MR) is 68.9 cm³/mol. The van der Waals surface area contributed by atoms with Crippen LogP contribution >= 0.6 is 0 Å². The molecule has 0 spiro atoms. The van der Waals surface area contributed by atoms with Crippen molar-refractivity contribution < 1.29 is 5.11 Å². The largest absolute Gasteiger partial charge is 0.391 e. The Morgan fingerprint density at radius 2 is 1.88 bits per heavy atom. The van der Waals surface area contributed by atoms with Gasteiger partial charge in [0.25, 0.3) is 0 Å². The van der Waals surface area contributed by atoms with Gasteiger partial charge in [0, 0.05) is 0 Å². The van der Waals surface area contributed by atoms with Gasteiger partial charge in [-0.1, -0.05) is 12.1 Å². The van der Waals surface area contributed by atoms with E-state index in [2.05, 4.69) is 15.3 Å². The Morgan fingerprint density at radius 1 is 1.24 bits per heavy atom. The summed E-state index contributed by atoms with van der Waals surface area (Å²) in [6, 6.07) is 7.71. The number of aliphatic hydroxyl groups is 1. The van der Waals surface area contributed by atoms with Gasteiger partial charge in [-0.3, -0.25) is 4.98 Å². The molecule has 0 amide bonds. The number of aromatic nitrogens is 2. The second kappa shape index (κ2) is 4.30. The van der Waals surface area contributed by atoms with Gasteiger partial charge < -0.3 is 10.4 Å². The van der Waals surface area contributed by atoms with Crippen LogP contribution in [0.5, 0.6) is 0 Å². The van der Waals surface area contributed by atoms with E-state index >= 15 is 0 Å². The summed E-state index contributed by atoms with van der Waals surface area (Å²) in [5.41, 5.74) is 1.28. The zero-order valence-corrected chi connectivity index (χ0v) is 10.3. The first-order valence-electron chi connectivity index (χ1n) is 5.67. The van der Waals surface area contributed by atoms with Crippen LogP contribution in [0.1, 0.15) is 20.8 Å². The number of nitrogens with one attached hydrogen (secondary N) is 1. The summed E-state index contributed by atoms with van der Waals surface area (Å²) in [4.78, 5) is 8.78. The molecule has 0 aliphatic heterocycles. The number of anilines is 1. The SMILES string of the molecule is CC(O)C(C)(C)Nc1cnc2ccccc2n1. The molecule has 2 aromatic rings. The molecule has 0 radical (unpaired) electrons. The minimum absolute atomic E-state index is 0.433. The molecule has 1 heterocycles. The van der Waals surface area contributed by atoms with E-state index in [9.17, 15) is 5.11 Å². The van der Waals surface area contributed by atoms with Gasteiger partial charge in [-0.05, 0) is 32.9 Å². The van der Waals surface area contributed by atoms with Crippen molar-refractivity contribution in [2.75, 3.05) is 5.32 Å². The van der Waals surface area contributed by atoms with Crippen LogP contribution in [0.4, 0.5) is 5.82 Å². The predicted octanol–water partition coefficient (Wildman–Crippen LogP) is 2.20. The van der Waals surface area contributed by atoms with Crippen molar-refractivity contribution in [3.05, 3.63) is 30.5 Å². The summed E-state index contributed by atoms with van der Waals surface area (Å²) < 4.78 is 0. The first-order valence-corrected chi connectivity index (χ1v) is 5.67. The Labute approximate surface area is 101 Å². The fourth-order valence-electron chi connectivity index (χ4n) is 1.45. The Balaban J connectivity index is 2.31. The zero-order valence-electron chi connectivity index (χ0n) is 10.3. The van der Waals surface area contributed by atoms with Gasteiger partial charge in [0.05, 0.1) is 28.9 Å². The van der Waals surface area contributed by atoms with Gasteiger partial charge in [-0.2, -0.15) is 0 Å². The Morgan fingerprint density at radius 3 is 2.53 bits per heavy atom. The second-order valence-corrected chi connectivity index (χ2v) is 4.77. The molecule has 0 saturated heterocycles. The van der Waals surface area contributed by atoms with Crippen molar-refractivity contribution in [3.63, 3.8) is 0 Å². The number of aliphatic hydroxyl groups excluding tert-OH is 1. The zero-order chi connectivity index (χ0) is 12.5. The first-order chi connectivity index (χ1) is 7.99. The lowest BCUT2D eigenvalue weighted by atomic mass is 9.99. The molecule has 2 rings (SSSR count). The van der Waals surface area contributed by atoms with Gasteiger partial charge in [0.15, 0.2) is 0 Å². The number of para-hydroxylation sites is 2. The van der Waals surface area contributed by atoms with Crippen molar-refractivity contribution in [1.29, 1.82) is 0 Å². The third kappa shape index (κ3) is 2.53. The highest BCUT2D eigenvalue weighted by atomic mass is 16.3.